The summed E-state index contributed by atoms with van der Waals surface area (Å²) >= 11 is 0. The lowest BCUT2D eigenvalue weighted by Gasteiger charge is -2.17. The van der Waals surface area contributed by atoms with Gasteiger partial charge in [0, 0.05) is 0 Å². The van der Waals surface area contributed by atoms with Crippen molar-refractivity contribution < 1.29 is 33.4 Å². The van der Waals surface area contributed by atoms with E-state index in [1.54, 1.807) is 12.1 Å². The van der Waals surface area contributed by atoms with Crippen molar-refractivity contribution in [1.29, 1.82) is 0 Å². The van der Waals surface area contributed by atoms with Gasteiger partial charge in [0.2, 0.25) is 0 Å². The van der Waals surface area contributed by atoms with Gasteiger partial charge >= 0.3 is 23.9 Å². The molecule has 0 aliphatic carbocycles. The zero-order valence-corrected chi connectivity index (χ0v) is 18.3. The molecule has 11 nitrogen and oxygen atoms in total. The molecule has 0 aliphatic rings. The second-order valence-electron chi connectivity index (χ2n) is 7.75. The van der Waals surface area contributed by atoms with E-state index in [0.717, 1.165) is 5.56 Å². The third kappa shape index (κ3) is 9.96. The molecule has 0 bridgehead atoms. The molecule has 1 aromatic rings. The minimum absolute atomic E-state index is 0.178. The van der Waals surface area contributed by atoms with Crippen LogP contribution in [-0.2, 0) is 39.8 Å². The van der Waals surface area contributed by atoms with Crippen molar-refractivity contribution in [1.82, 2.24) is 0 Å². The summed E-state index contributed by atoms with van der Waals surface area (Å²) < 4.78 is 14.3. The summed E-state index contributed by atoms with van der Waals surface area (Å²) in [5.74, 6) is -3.61. The van der Waals surface area contributed by atoms with Gasteiger partial charge in [-0.15, -0.1) is 0 Å². The van der Waals surface area contributed by atoms with E-state index in [0.29, 0.717) is 6.42 Å². The summed E-state index contributed by atoms with van der Waals surface area (Å²) in [5.41, 5.74) is 23.4. The van der Waals surface area contributed by atoms with E-state index in [4.69, 9.17) is 32.4 Å². The predicted molar refractivity (Wildman–Crippen MR) is 115 cm³/mol. The van der Waals surface area contributed by atoms with Crippen LogP contribution in [0.5, 0.6) is 0 Å². The average Bonchev–Trinajstić information content (AvgIpc) is 2.75. The van der Waals surface area contributed by atoms with Gasteiger partial charge in [-0.3, -0.25) is 9.59 Å². The lowest BCUT2D eigenvalue weighted by Crippen LogP contribution is -2.45. The number of carbonyl (C=O) groups is 4. The monoisotopic (exact) mass is 452 g/mol. The fraction of sp³-hybridized carbons (Fsp3) is 0.524. The molecule has 0 spiro atoms. The number of rotatable bonds is 12. The SMILES string of the molecule is CC(C)C[C@H](N)C(=O)OC[C@H](N)C(=O)OC(=O)[C@@H](N)COC(=O)[C@@H](N)Cc1ccccc1. The number of carbonyl (C=O) groups excluding carboxylic acids is 4. The van der Waals surface area contributed by atoms with E-state index in [1.807, 2.05) is 32.0 Å². The highest BCUT2D eigenvalue weighted by Crippen LogP contribution is 2.05. The van der Waals surface area contributed by atoms with Crippen LogP contribution >= 0.6 is 0 Å². The van der Waals surface area contributed by atoms with Crippen LogP contribution in [0.15, 0.2) is 30.3 Å². The van der Waals surface area contributed by atoms with Crippen LogP contribution in [0.3, 0.4) is 0 Å². The fourth-order valence-corrected chi connectivity index (χ4v) is 2.50. The number of benzene rings is 1. The maximum absolute atomic E-state index is 12.0. The molecule has 0 aromatic heterocycles. The van der Waals surface area contributed by atoms with Gasteiger partial charge in [-0.25, -0.2) is 9.59 Å². The predicted octanol–water partition coefficient (Wildman–Crippen LogP) is -1.26. The quantitative estimate of drug-likeness (QED) is 0.167. The lowest BCUT2D eigenvalue weighted by atomic mass is 10.1. The number of ether oxygens (including phenoxy) is 3. The van der Waals surface area contributed by atoms with E-state index < -0.39 is 61.3 Å². The van der Waals surface area contributed by atoms with Gasteiger partial charge in [-0.05, 0) is 24.3 Å². The summed E-state index contributed by atoms with van der Waals surface area (Å²) in [6.07, 6.45) is 0.645. The van der Waals surface area contributed by atoms with Crippen LogP contribution < -0.4 is 22.9 Å². The Labute approximate surface area is 186 Å². The zero-order valence-electron chi connectivity index (χ0n) is 18.3. The normalized spacial score (nSPS) is 14.7. The Hall–Kier alpha value is -2.86. The Morgan fingerprint density at radius 2 is 1.19 bits per heavy atom. The summed E-state index contributed by atoms with van der Waals surface area (Å²) in [6, 6.07) is 4.41. The zero-order chi connectivity index (χ0) is 24.3. The molecule has 0 radical (unpaired) electrons. The molecule has 1 rings (SSSR count). The highest BCUT2D eigenvalue weighted by molar-refractivity contribution is 5.91. The van der Waals surface area contributed by atoms with Crippen LogP contribution in [0.25, 0.3) is 0 Å². The molecule has 0 amide bonds. The Balaban J connectivity index is 2.37. The van der Waals surface area contributed by atoms with E-state index in [-0.39, 0.29) is 12.3 Å². The van der Waals surface area contributed by atoms with Crippen LogP contribution in [0.4, 0.5) is 0 Å². The molecule has 1 aromatic carbocycles. The first-order valence-corrected chi connectivity index (χ1v) is 10.2. The first kappa shape index (κ1) is 27.2. The Kier molecular flexibility index (Phi) is 11.5. The maximum atomic E-state index is 12.0. The van der Waals surface area contributed by atoms with Crippen molar-refractivity contribution in [2.45, 2.75) is 50.9 Å². The van der Waals surface area contributed by atoms with Crippen LogP contribution in [0.1, 0.15) is 25.8 Å². The molecule has 0 saturated heterocycles. The van der Waals surface area contributed by atoms with Gasteiger partial charge in [-0.2, -0.15) is 0 Å². The van der Waals surface area contributed by atoms with Crippen molar-refractivity contribution >= 4 is 23.9 Å². The van der Waals surface area contributed by atoms with E-state index >= 15 is 0 Å². The van der Waals surface area contributed by atoms with E-state index in [9.17, 15) is 19.2 Å². The second-order valence-corrected chi connectivity index (χ2v) is 7.75. The van der Waals surface area contributed by atoms with Crippen LogP contribution in [0, 0.1) is 5.92 Å². The molecule has 0 heterocycles. The van der Waals surface area contributed by atoms with Gasteiger partial charge in [0.25, 0.3) is 0 Å². The molecule has 4 atom stereocenters. The molecule has 178 valence electrons. The van der Waals surface area contributed by atoms with Crippen molar-refractivity contribution in [2.75, 3.05) is 13.2 Å². The topological polar surface area (TPSA) is 200 Å². The number of esters is 4. The van der Waals surface area contributed by atoms with Crippen molar-refractivity contribution in [2.24, 2.45) is 28.9 Å². The van der Waals surface area contributed by atoms with Crippen molar-refractivity contribution in [3.63, 3.8) is 0 Å². The molecular formula is C21H32N4O7. The Morgan fingerprint density at radius 3 is 1.66 bits per heavy atom. The smallest absolute Gasteiger partial charge is 0.334 e. The van der Waals surface area contributed by atoms with Crippen LogP contribution in [0.2, 0.25) is 0 Å². The summed E-state index contributed by atoms with van der Waals surface area (Å²) in [7, 11) is 0. The number of hydrogen-bond acceptors (Lipinski definition) is 11. The minimum atomic E-state index is -1.43. The van der Waals surface area contributed by atoms with Gasteiger partial charge < -0.3 is 37.1 Å². The third-order valence-electron chi connectivity index (χ3n) is 4.25. The standard InChI is InChI=1S/C21H32N4O7/c1-12(2)8-14(22)18(26)30-10-16(24)20(28)32-21(29)17(25)11-31-19(27)15(23)9-13-6-4-3-5-7-13/h3-7,12,14-17H,8-11,22-25H2,1-2H3/t14-,15-,16-,17-/m0/s1. The fourth-order valence-electron chi connectivity index (χ4n) is 2.50. The Bertz CT molecular complexity index is 773. The number of hydrogen-bond donors (Lipinski definition) is 4. The van der Waals surface area contributed by atoms with E-state index in [1.165, 1.54) is 0 Å². The largest absolute Gasteiger partial charge is 0.462 e. The highest BCUT2D eigenvalue weighted by Gasteiger charge is 2.27. The number of nitrogens with two attached hydrogens (primary N) is 4. The lowest BCUT2D eigenvalue weighted by molar-refractivity contribution is -0.164. The molecule has 0 unspecified atom stereocenters. The van der Waals surface area contributed by atoms with Crippen LogP contribution in [-0.4, -0.2) is 61.3 Å². The highest BCUT2D eigenvalue weighted by atomic mass is 16.6. The average molecular weight is 453 g/mol. The third-order valence-corrected chi connectivity index (χ3v) is 4.25. The van der Waals surface area contributed by atoms with Crippen molar-refractivity contribution in [3.8, 4) is 0 Å². The van der Waals surface area contributed by atoms with E-state index in [2.05, 4.69) is 4.74 Å². The molecule has 0 aliphatic heterocycles. The van der Waals surface area contributed by atoms with Gasteiger partial charge in [0.15, 0.2) is 0 Å². The molecular weight excluding hydrogens is 420 g/mol. The maximum Gasteiger partial charge on any atom is 0.334 e. The summed E-state index contributed by atoms with van der Waals surface area (Å²) in [6.45, 7) is 2.72. The van der Waals surface area contributed by atoms with Crippen molar-refractivity contribution in [3.05, 3.63) is 35.9 Å². The molecule has 32 heavy (non-hydrogen) atoms. The molecule has 0 saturated carbocycles. The van der Waals surface area contributed by atoms with Gasteiger partial charge in [0.05, 0.1) is 0 Å². The first-order chi connectivity index (χ1) is 15.0. The Morgan fingerprint density at radius 1 is 0.719 bits per heavy atom. The van der Waals surface area contributed by atoms with Gasteiger partial charge in [-0.1, -0.05) is 44.2 Å². The minimum Gasteiger partial charge on any atom is -0.462 e. The summed E-state index contributed by atoms with van der Waals surface area (Å²) in [4.78, 5) is 47.5. The van der Waals surface area contributed by atoms with Gasteiger partial charge in [0.1, 0.15) is 37.4 Å². The molecule has 0 fully saturated rings. The second kappa shape index (κ2) is 13.5. The molecule has 8 N–H and O–H groups in total. The molecule has 11 heteroatoms. The summed E-state index contributed by atoms with van der Waals surface area (Å²) in [5, 5.41) is 0. The first-order valence-electron chi connectivity index (χ1n) is 10.2.